The first-order chi connectivity index (χ1) is 12.1. The van der Waals surface area contributed by atoms with Crippen LogP contribution >= 0.6 is 0 Å². The molecular weight excluding hydrogens is 350 g/mol. The molecule has 1 aliphatic heterocycles. The minimum atomic E-state index is -1.92. The maximum Gasteiger partial charge on any atom is 0.129 e. The number of nitrogens with zero attached hydrogens (tertiary/aromatic N) is 1. The molecule has 4 heteroatoms. The average molecular weight is 382 g/mol. The van der Waals surface area contributed by atoms with Gasteiger partial charge < -0.3 is 4.79 Å². The van der Waals surface area contributed by atoms with Crippen LogP contribution in [0.4, 0.5) is 0 Å². The zero-order chi connectivity index (χ0) is 19.2. The molecule has 0 spiro atoms. The summed E-state index contributed by atoms with van der Waals surface area (Å²) >= 11 is 0. The minimum absolute atomic E-state index is 0.217. The molecule has 2 nitrogen and oxygen atoms in total. The Hall–Kier alpha value is -1.50. The van der Waals surface area contributed by atoms with E-state index in [1.54, 1.807) is 0 Å². The molecule has 3 atom stereocenters. The Balaban J connectivity index is 2.10. The summed E-state index contributed by atoms with van der Waals surface area (Å²) in [6, 6.07) is 21.5. The van der Waals surface area contributed by atoms with Crippen LogP contribution in [0.3, 0.4) is 0 Å². The quantitative estimate of drug-likeness (QED) is 0.499. The summed E-state index contributed by atoms with van der Waals surface area (Å²) < 4.78 is 0. The van der Waals surface area contributed by atoms with E-state index in [0.29, 0.717) is 5.41 Å². The first-order valence-corrected chi connectivity index (χ1v) is 16.5. The van der Waals surface area contributed by atoms with Crippen molar-refractivity contribution in [1.82, 2.24) is 4.90 Å². The summed E-state index contributed by atoms with van der Waals surface area (Å²) in [6.07, 6.45) is 0. The second-order valence-corrected chi connectivity index (χ2v) is 19.7. The lowest BCUT2D eigenvalue weighted by molar-refractivity contribution is -0.114. The summed E-state index contributed by atoms with van der Waals surface area (Å²) in [4.78, 5) is 16.3. The molecule has 0 saturated carbocycles. The van der Waals surface area contributed by atoms with Gasteiger partial charge in [-0.3, -0.25) is 4.90 Å². The number of hydrogen-bond acceptors (Lipinski definition) is 2. The van der Waals surface area contributed by atoms with Gasteiger partial charge in [0.2, 0.25) is 0 Å². The number of rotatable bonds is 6. The molecule has 3 rings (SSSR count). The zero-order valence-electron chi connectivity index (χ0n) is 16.9. The first-order valence-electron chi connectivity index (χ1n) is 9.50. The Morgan fingerprint density at radius 1 is 0.885 bits per heavy atom. The van der Waals surface area contributed by atoms with Crippen LogP contribution in [-0.2, 0) is 11.3 Å². The molecule has 0 N–H and O–H groups in total. The normalized spacial score (nSPS) is 25.8. The molecule has 0 aliphatic carbocycles. The van der Waals surface area contributed by atoms with E-state index in [1.807, 2.05) is 0 Å². The molecule has 138 valence electrons. The highest BCUT2D eigenvalue weighted by Gasteiger charge is 2.74. The summed E-state index contributed by atoms with van der Waals surface area (Å²) in [7, 11) is -3.72. The lowest BCUT2D eigenvalue weighted by Gasteiger charge is -2.34. The van der Waals surface area contributed by atoms with Crippen LogP contribution < -0.4 is 0 Å². The minimum Gasteiger partial charge on any atom is -0.304 e. The standard InChI is InChI=1S/C22H31NOSi2/c1-25(2,3)21(24)22(26(4,5)6)20(19-15-11-8-12-16-19)23(22)17-18-13-9-7-10-14-18/h7-16,20H,17H2,1-6H3/t20-,22-,23?/m0/s1. The molecule has 1 fully saturated rings. The molecule has 0 amide bonds. The number of carbonyl (C=O) groups is 1. The van der Waals surface area contributed by atoms with Crippen molar-refractivity contribution in [2.75, 3.05) is 0 Å². The highest BCUT2D eigenvalue weighted by molar-refractivity contribution is 7.08. The Morgan fingerprint density at radius 3 is 1.85 bits per heavy atom. The van der Waals surface area contributed by atoms with Crippen molar-refractivity contribution < 1.29 is 4.79 Å². The van der Waals surface area contributed by atoms with E-state index in [9.17, 15) is 4.79 Å². The molecule has 1 saturated heterocycles. The second kappa shape index (κ2) is 6.59. The van der Waals surface area contributed by atoms with Crippen molar-refractivity contribution in [3.8, 4) is 0 Å². The Labute approximate surface area is 160 Å². The second-order valence-electron chi connectivity index (χ2n) is 9.52. The van der Waals surface area contributed by atoms with Gasteiger partial charge in [0.1, 0.15) is 13.5 Å². The van der Waals surface area contributed by atoms with E-state index >= 15 is 0 Å². The summed E-state index contributed by atoms with van der Waals surface area (Å²) in [6.45, 7) is 14.6. The smallest absolute Gasteiger partial charge is 0.129 e. The maximum atomic E-state index is 13.8. The zero-order valence-corrected chi connectivity index (χ0v) is 18.9. The van der Waals surface area contributed by atoms with Gasteiger partial charge >= 0.3 is 0 Å². The van der Waals surface area contributed by atoms with E-state index in [4.69, 9.17) is 0 Å². The van der Waals surface area contributed by atoms with Crippen molar-refractivity contribution in [2.45, 2.75) is 57.0 Å². The molecular formula is C22H31NOSi2. The third kappa shape index (κ3) is 3.15. The monoisotopic (exact) mass is 381 g/mol. The average Bonchev–Trinajstić information content (AvgIpc) is 3.24. The predicted octanol–water partition coefficient (Wildman–Crippen LogP) is 5.31. The predicted molar refractivity (Wildman–Crippen MR) is 116 cm³/mol. The molecule has 0 aromatic heterocycles. The van der Waals surface area contributed by atoms with Crippen LogP contribution in [-0.4, -0.2) is 31.6 Å². The van der Waals surface area contributed by atoms with Crippen molar-refractivity contribution >= 4 is 21.6 Å². The summed E-state index contributed by atoms with van der Waals surface area (Å²) in [5.41, 5.74) is 2.58. The number of carbonyl (C=O) groups excluding carboxylic acids is 1. The van der Waals surface area contributed by atoms with Crippen molar-refractivity contribution in [3.63, 3.8) is 0 Å². The van der Waals surface area contributed by atoms with Gasteiger partial charge in [-0.15, -0.1) is 0 Å². The number of hydrogen-bond donors (Lipinski definition) is 0. The lowest BCUT2D eigenvalue weighted by atomic mass is 10.1. The SMILES string of the molecule is C[Si](C)(C)C(=O)[C@@]1([Si](C)(C)C)[C@H](c2ccccc2)N1Cc1ccccc1. The lowest BCUT2D eigenvalue weighted by Crippen LogP contribution is -2.58. The molecule has 26 heavy (non-hydrogen) atoms. The molecule has 2 aromatic rings. The van der Waals surface area contributed by atoms with Gasteiger partial charge in [0.25, 0.3) is 0 Å². The van der Waals surface area contributed by atoms with Crippen molar-refractivity contribution in [1.29, 1.82) is 0 Å². The van der Waals surface area contributed by atoms with Gasteiger partial charge in [0.05, 0.1) is 19.3 Å². The van der Waals surface area contributed by atoms with E-state index < -0.39 is 16.1 Å². The fraction of sp³-hybridized carbons (Fsp3) is 0.409. The molecule has 0 radical (unpaired) electrons. The van der Waals surface area contributed by atoms with Gasteiger partial charge in [0.15, 0.2) is 0 Å². The number of benzene rings is 2. The van der Waals surface area contributed by atoms with Gasteiger partial charge in [-0.05, 0) is 11.1 Å². The van der Waals surface area contributed by atoms with E-state index in [1.165, 1.54) is 11.1 Å². The Kier molecular flexibility index (Phi) is 4.88. The van der Waals surface area contributed by atoms with E-state index in [-0.39, 0.29) is 11.2 Å². The van der Waals surface area contributed by atoms with Gasteiger partial charge in [-0.2, -0.15) is 0 Å². The Morgan fingerprint density at radius 2 is 1.38 bits per heavy atom. The molecule has 1 heterocycles. The van der Waals surface area contributed by atoms with Crippen LogP contribution in [0, 0.1) is 0 Å². The third-order valence-electron chi connectivity index (χ3n) is 5.57. The molecule has 2 aromatic carbocycles. The van der Waals surface area contributed by atoms with Gasteiger partial charge in [-0.25, -0.2) is 0 Å². The van der Waals surface area contributed by atoms with Gasteiger partial charge in [0, 0.05) is 6.54 Å². The Bertz CT molecular complexity index is 777. The highest BCUT2D eigenvalue weighted by atomic mass is 28.3. The van der Waals surface area contributed by atoms with Crippen LogP contribution in [0.15, 0.2) is 60.7 Å². The topological polar surface area (TPSA) is 20.1 Å². The fourth-order valence-electron chi connectivity index (χ4n) is 4.40. The maximum absolute atomic E-state index is 13.8. The van der Waals surface area contributed by atoms with Crippen LogP contribution in [0.25, 0.3) is 0 Å². The largest absolute Gasteiger partial charge is 0.304 e. The van der Waals surface area contributed by atoms with E-state index in [2.05, 4.69) is 105 Å². The van der Waals surface area contributed by atoms with Crippen LogP contribution in [0.1, 0.15) is 17.2 Å². The molecule has 1 unspecified atom stereocenters. The van der Waals surface area contributed by atoms with E-state index in [0.717, 1.165) is 6.54 Å². The first kappa shape index (κ1) is 19.3. The fourth-order valence-corrected chi connectivity index (χ4v) is 10.9. The third-order valence-corrected chi connectivity index (χ3v) is 10.6. The molecule has 1 aliphatic rings. The van der Waals surface area contributed by atoms with Crippen molar-refractivity contribution in [2.24, 2.45) is 0 Å². The summed E-state index contributed by atoms with van der Waals surface area (Å²) in [5.74, 6) is 0. The van der Waals surface area contributed by atoms with Gasteiger partial charge in [-0.1, -0.05) is 99.9 Å². The highest BCUT2D eigenvalue weighted by Crippen LogP contribution is 2.60. The van der Waals surface area contributed by atoms with Crippen molar-refractivity contribution in [3.05, 3.63) is 71.8 Å². The van der Waals surface area contributed by atoms with Crippen LogP contribution in [0.5, 0.6) is 0 Å². The molecule has 0 bridgehead atoms. The summed E-state index contributed by atoms with van der Waals surface area (Å²) in [5, 5.41) is 0.253. The van der Waals surface area contributed by atoms with Crippen LogP contribution in [0.2, 0.25) is 39.3 Å².